The van der Waals surface area contributed by atoms with Crippen LogP contribution in [0.3, 0.4) is 0 Å². The van der Waals surface area contributed by atoms with Crippen LogP contribution in [0, 0.1) is 0 Å². The normalized spacial score (nSPS) is 11.9. The smallest absolute Gasteiger partial charge is 0.287 e. The Morgan fingerprint density at radius 1 is 1.07 bits per heavy atom. The molecule has 6 nitrogen and oxygen atoms in total. The summed E-state index contributed by atoms with van der Waals surface area (Å²) >= 11 is 5.91. The Kier molecular flexibility index (Phi) is 4.95. The highest BCUT2D eigenvalue weighted by atomic mass is 35.5. The van der Waals surface area contributed by atoms with E-state index in [1.165, 1.54) is 6.33 Å². The lowest BCUT2D eigenvalue weighted by atomic mass is 10.1. The van der Waals surface area contributed by atoms with Gasteiger partial charge in [-0.25, -0.2) is 9.67 Å². The Labute approximate surface area is 166 Å². The maximum Gasteiger partial charge on any atom is 0.287 e. The highest BCUT2D eigenvalue weighted by molar-refractivity contribution is 6.30. The zero-order valence-electron chi connectivity index (χ0n) is 15.0. The summed E-state index contributed by atoms with van der Waals surface area (Å²) in [6.45, 7) is 1.92. The van der Waals surface area contributed by atoms with Gasteiger partial charge in [-0.2, -0.15) is 5.10 Å². The lowest BCUT2D eigenvalue weighted by Gasteiger charge is -2.14. The Morgan fingerprint density at radius 2 is 1.82 bits per heavy atom. The number of rotatable bonds is 5. The van der Waals surface area contributed by atoms with Crippen molar-refractivity contribution in [1.82, 2.24) is 20.1 Å². The minimum Gasteiger partial charge on any atom is -0.451 e. The molecule has 0 saturated carbocycles. The van der Waals surface area contributed by atoms with Gasteiger partial charge >= 0.3 is 0 Å². The third kappa shape index (κ3) is 3.82. The first-order chi connectivity index (χ1) is 13.6. The molecule has 0 aliphatic rings. The molecule has 1 N–H and O–H groups in total. The number of hydrogen-bond donors (Lipinski definition) is 1. The lowest BCUT2D eigenvalue weighted by Crippen LogP contribution is -2.26. The van der Waals surface area contributed by atoms with Gasteiger partial charge in [-0.3, -0.25) is 4.79 Å². The van der Waals surface area contributed by atoms with Gasteiger partial charge < -0.3 is 9.73 Å². The van der Waals surface area contributed by atoms with Crippen LogP contribution in [0.1, 0.15) is 29.1 Å². The molecule has 0 spiro atoms. The van der Waals surface area contributed by atoms with Crippen molar-refractivity contribution in [3.05, 3.63) is 89.7 Å². The fourth-order valence-electron chi connectivity index (χ4n) is 2.84. The molecule has 0 radical (unpaired) electrons. The molecule has 1 unspecified atom stereocenters. The van der Waals surface area contributed by atoms with Crippen molar-refractivity contribution in [1.29, 1.82) is 0 Å². The second-order valence-electron chi connectivity index (χ2n) is 6.30. The van der Waals surface area contributed by atoms with E-state index in [-0.39, 0.29) is 17.7 Å². The van der Waals surface area contributed by atoms with Crippen LogP contribution in [0.15, 0.2) is 77.7 Å². The van der Waals surface area contributed by atoms with E-state index >= 15 is 0 Å². The number of aromatic nitrogens is 3. The van der Waals surface area contributed by atoms with E-state index < -0.39 is 0 Å². The summed E-state index contributed by atoms with van der Waals surface area (Å²) in [7, 11) is 0. The molecular weight excluding hydrogens is 376 g/mol. The van der Waals surface area contributed by atoms with Gasteiger partial charge in [0.15, 0.2) is 5.76 Å². The van der Waals surface area contributed by atoms with Crippen LogP contribution < -0.4 is 5.32 Å². The fraction of sp³-hybridized carbons (Fsp3) is 0.0952. The van der Waals surface area contributed by atoms with E-state index in [0.29, 0.717) is 10.8 Å². The molecule has 2 aromatic carbocycles. The summed E-state index contributed by atoms with van der Waals surface area (Å²) in [6.07, 6.45) is 3.12. The molecule has 0 aliphatic carbocycles. The molecule has 0 bridgehead atoms. The molecular formula is C21H17ClN4O2. The monoisotopic (exact) mass is 392 g/mol. The number of furan rings is 1. The number of halogens is 1. The van der Waals surface area contributed by atoms with Gasteiger partial charge in [0, 0.05) is 10.6 Å². The highest BCUT2D eigenvalue weighted by Gasteiger charge is 2.16. The van der Waals surface area contributed by atoms with Gasteiger partial charge in [-0.15, -0.1) is 0 Å². The van der Waals surface area contributed by atoms with Crippen molar-refractivity contribution in [2.45, 2.75) is 13.0 Å². The summed E-state index contributed by atoms with van der Waals surface area (Å²) in [5.41, 5.74) is 2.74. The molecule has 0 saturated heterocycles. The molecule has 1 amide bonds. The molecule has 2 aromatic heterocycles. The van der Waals surface area contributed by atoms with Gasteiger partial charge in [0.25, 0.3) is 5.91 Å². The SMILES string of the molecule is CC(NC(=O)c1ccc(-c2ccc(Cl)cc2)o1)c1ccc(-n2cncn2)cc1. The van der Waals surface area contributed by atoms with Crippen molar-refractivity contribution in [3.63, 3.8) is 0 Å². The van der Waals surface area contributed by atoms with Gasteiger partial charge in [0.1, 0.15) is 18.4 Å². The number of carbonyl (C=O) groups excluding carboxylic acids is 1. The summed E-state index contributed by atoms with van der Waals surface area (Å²) < 4.78 is 7.38. The van der Waals surface area contributed by atoms with E-state index in [1.807, 2.05) is 43.3 Å². The Balaban J connectivity index is 1.44. The molecule has 4 rings (SSSR count). The van der Waals surface area contributed by atoms with Gasteiger partial charge in [0.05, 0.1) is 11.7 Å². The van der Waals surface area contributed by atoms with Gasteiger partial charge in [0.2, 0.25) is 0 Å². The second kappa shape index (κ2) is 7.70. The molecule has 28 heavy (non-hydrogen) atoms. The first-order valence-corrected chi connectivity index (χ1v) is 9.09. The predicted molar refractivity (Wildman–Crippen MR) is 106 cm³/mol. The minimum absolute atomic E-state index is 0.179. The van der Waals surface area contributed by atoms with Crippen LogP contribution in [-0.2, 0) is 0 Å². The average Bonchev–Trinajstić information content (AvgIpc) is 3.41. The van der Waals surface area contributed by atoms with E-state index in [2.05, 4.69) is 15.4 Å². The van der Waals surface area contributed by atoms with Gasteiger partial charge in [-0.1, -0.05) is 23.7 Å². The Hall–Kier alpha value is -3.38. The van der Waals surface area contributed by atoms with E-state index in [1.54, 1.807) is 35.3 Å². The van der Waals surface area contributed by atoms with Crippen LogP contribution in [0.4, 0.5) is 0 Å². The van der Waals surface area contributed by atoms with Crippen LogP contribution in [0.5, 0.6) is 0 Å². The molecule has 4 aromatic rings. The minimum atomic E-state index is -0.270. The standard InChI is InChI=1S/C21H17ClN4O2/c1-14(15-4-8-18(9-5-15)26-13-23-12-24-26)25-21(27)20-11-10-19(28-20)16-2-6-17(22)7-3-16/h2-14H,1H3,(H,25,27). The average molecular weight is 393 g/mol. The largest absolute Gasteiger partial charge is 0.451 e. The summed E-state index contributed by atoms with van der Waals surface area (Å²) in [5.74, 6) is 0.607. The molecule has 1 atom stereocenters. The van der Waals surface area contributed by atoms with Crippen LogP contribution >= 0.6 is 11.6 Å². The van der Waals surface area contributed by atoms with E-state index in [0.717, 1.165) is 16.8 Å². The number of nitrogens with one attached hydrogen (secondary N) is 1. The van der Waals surface area contributed by atoms with E-state index in [4.69, 9.17) is 16.0 Å². The van der Waals surface area contributed by atoms with Crippen molar-refractivity contribution in [2.24, 2.45) is 0 Å². The van der Waals surface area contributed by atoms with Crippen molar-refractivity contribution >= 4 is 17.5 Å². The summed E-state index contributed by atoms with van der Waals surface area (Å²) in [4.78, 5) is 16.5. The lowest BCUT2D eigenvalue weighted by molar-refractivity contribution is 0.0912. The summed E-state index contributed by atoms with van der Waals surface area (Å²) in [6, 6.07) is 18.3. The number of nitrogens with zero attached hydrogens (tertiary/aromatic N) is 3. The molecule has 0 aliphatic heterocycles. The maximum absolute atomic E-state index is 12.5. The Bertz CT molecular complexity index is 1070. The molecule has 2 heterocycles. The predicted octanol–water partition coefficient (Wildman–Crippen LogP) is 4.67. The quantitative estimate of drug-likeness (QED) is 0.535. The van der Waals surface area contributed by atoms with Crippen LogP contribution in [0.25, 0.3) is 17.0 Å². The summed E-state index contributed by atoms with van der Waals surface area (Å²) in [5, 5.41) is 7.70. The number of amides is 1. The number of benzene rings is 2. The first kappa shape index (κ1) is 18.0. The Morgan fingerprint density at radius 3 is 2.50 bits per heavy atom. The number of hydrogen-bond acceptors (Lipinski definition) is 4. The third-order valence-corrected chi connectivity index (χ3v) is 4.63. The molecule has 0 fully saturated rings. The van der Waals surface area contributed by atoms with E-state index in [9.17, 15) is 4.79 Å². The van der Waals surface area contributed by atoms with Crippen molar-refractivity contribution in [2.75, 3.05) is 0 Å². The highest BCUT2D eigenvalue weighted by Crippen LogP contribution is 2.24. The number of carbonyl (C=O) groups is 1. The zero-order chi connectivity index (χ0) is 19.5. The topological polar surface area (TPSA) is 73.0 Å². The maximum atomic E-state index is 12.5. The van der Waals surface area contributed by atoms with Crippen molar-refractivity contribution in [3.8, 4) is 17.0 Å². The third-order valence-electron chi connectivity index (χ3n) is 4.38. The second-order valence-corrected chi connectivity index (χ2v) is 6.73. The van der Waals surface area contributed by atoms with Gasteiger partial charge in [-0.05, 0) is 61.0 Å². The fourth-order valence-corrected chi connectivity index (χ4v) is 2.96. The molecule has 140 valence electrons. The first-order valence-electron chi connectivity index (χ1n) is 8.72. The van der Waals surface area contributed by atoms with Crippen molar-refractivity contribution < 1.29 is 9.21 Å². The zero-order valence-corrected chi connectivity index (χ0v) is 15.8. The van der Waals surface area contributed by atoms with Crippen LogP contribution in [0.2, 0.25) is 5.02 Å². The molecule has 7 heteroatoms. The van der Waals surface area contributed by atoms with Crippen LogP contribution in [-0.4, -0.2) is 20.7 Å².